The second kappa shape index (κ2) is 5.55. The van der Waals surface area contributed by atoms with Gasteiger partial charge in [0.05, 0.1) is 11.8 Å². The topological polar surface area (TPSA) is 62.1 Å². The van der Waals surface area contributed by atoms with Crippen molar-refractivity contribution >= 4 is 23.2 Å². The number of rotatable bonds is 2. The van der Waals surface area contributed by atoms with E-state index in [1.165, 1.54) is 18.2 Å². The van der Waals surface area contributed by atoms with Gasteiger partial charge in [-0.2, -0.15) is 5.26 Å². The lowest BCUT2D eigenvalue weighted by Gasteiger charge is -2.29. The smallest absolute Gasteiger partial charge is 0.245 e. The van der Waals surface area contributed by atoms with E-state index < -0.39 is 17.1 Å². The fourth-order valence-corrected chi connectivity index (χ4v) is 2.12. The minimum Gasteiger partial charge on any atom is -0.381 e. The standard InChI is InChI=1S/C13H12ClFN2O2/c14-9-1-2-10(15)11(7-9)17-12(18)13(8-16)3-5-19-6-4-13/h1-2,7H,3-6H2,(H,17,18). The zero-order chi connectivity index (χ0) is 13.9. The highest BCUT2D eigenvalue weighted by Crippen LogP contribution is 2.32. The van der Waals surface area contributed by atoms with E-state index in [2.05, 4.69) is 5.32 Å². The molecule has 0 aromatic heterocycles. The Morgan fingerprint density at radius 2 is 2.16 bits per heavy atom. The molecule has 0 bridgehead atoms. The Balaban J connectivity index is 2.20. The number of ether oxygens (including phenoxy) is 1. The molecule has 1 aromatic rings. The molecule has 1 amide bonds. The Morgan fingerprint density at radius 1 is 1.47 bits per heavy atom. The largest absolute Gasteiger partial charge is 0.381 e. The van der Waals surface area contributed by atoms with Crippen LogP contribution in [0, 0.1) is 22.6 Å². The molecule has 4 nitrogen and oxygen atoms in total. The summed E-state index contributed by atoms with van der Waals surface area (Å²) in [4.78, 5) is 12.2. The van der Waals surface area contributed by atoms with Gasteiger partial charge in [-0.05, 0) is 31.0 Å². The molecule has 1 heterocycles. The summed E-state index contributed by atoms with van der Waals surface area (Å²) in [5.41, 5.74) is -1.17. The third kappa shape index (κ3) is 2.86. The van der Waals surface area contributed by atoms with Gasteiger partial charge in [-0.1, -0.05) is 11.6 Å². The average molecular weight is 283 g/mol. The maximum Gasteiger partial charge on any atom is 0.245 e. The molecular weight excluding hydrogens is 271 g/mol. The Kier molecular flexibility index (Phi) is 4.03. The van der Waals surface area contributed by atoms with Crippen LogP contribution in [0.1, 0.15) is 12.8 Å². The molecule has 1 fully saturated rings. The van der Waals surface area contributed by atoms with E-state index in [-0.39, 0.29) is 5.69 Å². The Hall–Kier alpha value is -1.64. The van der Waals surface area contributed by atoms with Gasteiger partial charge in [0.15, 0.2) is 0 Å². The molecule has 1 aliphatic heterocycles. The number of benzene rings is 1. The molecule has 0 radical (unpaired) electrons. The summed E-state index contributed by atoms with van der Waals surface area (Å²) in [5, 5.41) is 12.0. The van der Waals surface area contributed by atoms with Gasteiger partial charge < -0.3 is 10.1 Å². The molecule has 100 valence electrons. The fourth-order valence-electron chi connectivity index (χ4n) is 1.94. The highest BCUT2D eigenvalue weighted by Gasteiger charge is 2.40. The van der Waals surface area contributed by atoms with Gasteiger partial charge in [-0.25, -0.2) is 4.39 Å². The van der Waals surface area contributed by atoms with Crippen molar-refractivity contribution in [1.29, 1.82) is 5.26 Å². The number of carbonyl (C=O) groups excluding carboxylic acids is 1. The number of hydrogen-bond donors (Lipinski definition) is 1. The number of hydrogen-bond acceptors (Lipinski definition) is 3. The Bertz CT molecular complexity index is 536. The van der Waals surface area contributed by atoms with Crippen molar-refractivity contribution in [2.45, 2.75) is 12.8 Å². The number of amides is 1. The van der Waals surface area contributed by atoms with E-state index >= 15 is 0 Å². The molecule has 0 aliphatic carbocycles. The number of nitrogens with one attached hydrogen (secondary N) is 1. The highest BCUT2D eigenvalue weighted by atomic mass is 35.5. The van der Waals surface area contributed by atoms with Gasteiger partial charge in [0.25, 0.3) is 0 Å². The molecule has 1 N–H and O–H groups in total. The predicted molar refractivity (Wildman–Crippen MR) is 68.1 cm³/mol. The third-order valence-corrected chi connectivity index (χ3v) is 3.41. The van der Waals surface area contributed by atoms with E-state index in [4.69, 9.17) is 16.3 Å². The molecule has 6 heteroatoms. The van der Waals surface area contributed by atoms with Gasteiger partial charge >= 0.3 is 0 Å². The minimum absolute atomic E-state index is 0.0152. The first-order valence-corrected chi connectivity index (χ1v) is 6.21. The SMILES string of the molecule is N#CC1(C(=O)Nc2cc(Cl)ccc2F)CCOCC1. The fraction of sp³-hybridized carbons (Fsp3) is 0.385. The van der Waals surface area contributed by atoms with E-state index in [0.29, 0.717) is 31.1 Å². The van der Waals surface area contributed by atoms with Gasteiger partial charge in [0.1, 0.15) is 11.2 Å². The summed E-state index contributed by atoms with van der Waals surface area (Å²) in [6.07, 6.45) is 0.606. The maximum absolute atomic E-state index is 13.5. The first-order chi connectivity index (χ1) is 9.07. The average Bonchev–Trinajstić information content (AvgIpc) is 2.43. The lowest BCUT2D eigenvalue weighted by atomic mass is 9.81. The van der Waals surface area contributed by atoms with Crippen LogP contribution >= 0.6 is 11.6 Å². The molecule has 1 aliphatic rings. The van der Waals surface area contributed by atoms with E-state index in [0.717, 1.165) is 0 Å². The van der Waals surface area contributed by atoms with E-state index in [1.807, 2.05) is 6.07 Å². The van der Waals surface area contributed by atoms with Gasteiger partial charge in [-0.15, -0.1) is 0 Å². The molecule has 19 heavy (non-hydrogen) atoms. The van der Waals surface area contributed by atoms with Crippen LogP contribution < -0.4 is 5.32 Å². The Morgan fingerprint density at radius 3 is 2.79 bits per heavy atom. The first kappa shape index (κ1) is 13.8. The van der Waals surface area contributed by atoms with Crippen LogP contribution in [0.25, 0.3) is 0 Å². The normalized spacial score (nSPS) is 17.5. The summed E-state index contributed by atoms with van der Waals surface area (Å²) in [7, 11) is 0. The molecular formula is C13H12ClFN2O2. The summed E-state index contributed by atoms with van der Waals surface area (Å²) in [6, 6.07) is 5.90. The van der Waals surface area contributed by atoms with Crippen LogP contribution in [0.3, 0.4) is 0 Å². The van der Waals surface area contributed by atoms with E-state index in [1.54, 1.807) is 0 Å². The van der Waals surface area contributed by atoms with Crippen molar-refractivity contribution in [3.63, 3.8) is 0 Å². The maximum atomic E-state index is 13.5. The predicted octanol–water partition coefficient (Wildman–Crippen LogP) is 2.74. The zero-order valence-corrected chi connectivity index (χ0v) is 10.8. The number of carbonyl (C=O) groups is 1. The summed E-state index contributed by atoms with van der Waals surface area (Å²) >= 11 is 5.75. The molecule has 0 atom stereocenters. The van der Waals surface area contributed by atoms with Crippen LogP contribution in [0.4, 0.5) is 10.1 Å². The quantitative estimate of drug-likeness (QED) is 0.907. The van der Waals surface area contributed by atoms with Gasteiger partial charge in [0.2, 0.25) is 5.91 Å². The minimum atomic E-state index is -1.16. The molecule has 0 spiro atoms. The second-order valence-corrected chi connectivity index (χ2v) is 4.82. The van der Waals surface area contributed by atoms with Crippen molar-refractivity contribution in [3.05, 3.63) is 29.0 Å². The Labute approximate surface area is 115 Å². The first-order valence-electron chi connectivity index (χ1n) is 5.83. The van der Waals surface area contributed by atoms with Crippen molar-refractivity contribution in [2.75, 3.05) is 18.5 Å². The summed E-state index contributed by atoms with van der Waals surface area (Å²) in [5.74, 6) is -1.10. The van der Waals surface area contributed by atoms with Crippen molar-refractivity contribution in [1.82, 2.24) is 0 Å². The number of nitrogens with zero attached hydrogens (tertiary/aromatic N) is 1. The van der Waals surface area contributed by atoms with Crippen LogP contribution in [0.5, 0.6) is 0 Å². The molecule has 1 saturated heterocycles. The second-order valence-electron chi connectivity index (χ2n) is 4.38. The van der Waals surface area contributed by atoms with Crippen molar-refractivity contribution in [3.8, 4) is 6.07 Å². The third-order valence-electron chi connectivity index (χ3n) is 3.17. The van der Waals surface area contributed by atoms with Gasteiger partial charge in [-0.3, -0.25) is 4.79 Å². The zero-order valence-electron chi connectivity index (χ0n) is 10.1. The van der Waals surface area contributed by atoms with E-state index in [9.17, 15) is 14.4 Å². The molecule has 0 saturated carbocycles. The van der Waals surface area contributed by atoms with Crippen LogP contribution in [0.2, 0.25) is 5.02 Å². The molecule has 0 unspecified atom stereocenters. The summed E-state index contributed by atoms with van der Waals surface area (Å²) < 4.78 is 18.7. The van der Waals surface area contributed by atoms with Crippen LogP contribution in [-0.4, -0.2) is 19.1 Å². The lowest BCUT2D eigenvalue weighted by molar-refractivity contribution is -0.126. The lowest BCUT2D eigenvalue weighted by Crippen LogP contribution is -2.40. The van der Waals surface area contributed by atoms with Crippen molar-refractivity contribution in [2.24, 2.45) is 5.41 Å². The van der Waals surface area contributed by atoms with Crippen LogP contribution in [-0.2, 0) is 9.53 Å². The molecule has 1 aromatic carbocycles. The molecule has 2 rings (SSSR count). The summed E-state index contributed by atoms with van der Waals surface area (Å²) in [6.45, 7) is 0.692. The number of nitriles is 1. The monoisotopic (exact) mass is 282 g/mol. The number of anilines is 1. The number of halogens is 2. The highest BCUT2D eigenvalue weighted by molar-refractivity contribution is 6.30. The van der Waals surface area contributed by atoms with Gasteiger partial charge in [0, 0.05) is 18.2 Å². The van der Waals surface area contributed by atoms with Crippen molar-refractivity contribution < 1.29 is 13.9 Å². The van der Waals surface area contributed by atoms with Crippen LogP contribution in [0.15, 0.2) is 18.2 Å².